The molecule has 1 aliphatic heterocycles. The maximum atomic E-state index is 12.1. The number of carbonyl (C=O) groups excluding carboxylic acids is 1. The van der Waals surface area contributed by atoms with E-state index in [1.165, 1.54) is 0 Å². The van der Waals surface area contributed by atoms with Crippen molar-refractivity contribution >= 4 is 5.91 Å². The van der Waals surface area contributed by atoms with Crippen molar-refractivity contribution in [3.05, 3.63) is 60.2 Å². The van der Waals surface area contributed by atoms with E-state index in [1.54, 1.807) is 0 Å². The molecule has 5 nitrogen and oxygen atoms in total. The summed E-state index contributed by atoms with van der Waals surface area (Å²) < 4.78 is 11.5. The normalized spacial score (nSPS) is 17.1. The molecule has 3 rings (SSSR count). The first kappa shape index (κ1) is 16.3. The Kier molecular flexibility index (Phi) is 5.33. The maximum Gasteiger partial charge on any atom is 0.237 e. The second kappa shape index (κ2) is 7.84. The summed E-state index contributed by atoms with van der Waals surface area (Å²) in [5, 5.41) is 6.13. The van der Waals surface area contributed by atoms with Crippen LogP contribution >= 0.6 is 0 Å². The molecule has 0 aromatic heterocycles. The number of para-hydroxylation sites is 2. The highest BCUT2D eigenvalue weighted by molar-refractivity contribution is 5.81. The van der Waals surface area contributed by atoms with Gasteiger partial charge < -0.3 is 20.1 Å². The van der Waals surface area contributed by atoms with Gasteiger partial charge in [0.25, 0.3) is 0 Å². The highest BCUT2D eigenvalue weighted by Gasteiger charge is 2.22. The first-order valence-corrected chi connectivity index (χ1v) is 8.16. The van der Waals surface area contributed by atoms with E-state index in [2.05, 4.69) is 10.6 Å². The van der Waals surface area contributed by atoms with Gasteiger partial charge in [0.1, 0.15) is 12.7 Å². The fourth-order valence-corrected chi connectivity index (χ4v) is 2.50. The van der Waals surface area contributed by atoms with Gasteiger partial charge in [-0.1, -0.05) is 42.5 Å². The molecular formula is C19H22N2O3. The van der Waals surface area contributed by atoms with E-state index in [0.29, 0.717) is 19.7 Å². The van der Waals surface area contributed by atoms with Gasteiger partial charge in [0.2, 0.25) is 5.91 Å². The molecule has 2 aromatic carbocycles. The number of ether oxygens (including phenoxy) is 2. The summed E-state index contributed by atoms with van der Waals surface area (Å²) in [4.78, 5) is 12.1. The summed E-state index contributed by atoms with van der Waals surface area (Å²) in [6, 6.07) is 17.2. The van der Waals surface area contributed by atoms with Gasteiger partial charge in [0, 0.05) is 13.1 Å². The molecule has 0 spiro atoms. The summed E-state index contributed by atoms with van der Waals surface area (Å²) in [6.45, 7) is 3.40. The topological polar surface area (TPSA) is 59.6 Å². The first-order chi connectivity index (χ1) is 11.7. The number of rotatable bonds is 6. The van der Waals surface area contributed by atoms with Crippen molar-refractivity contribution in [1.29, 1.82) is 0 Å². The van der Waals surface area contributed by atoms with Gasteiger partial charge >= 0.3 is 0 Å². The largest absolute Gasteiger partial charge is 0.486 e. The van der Waals surface area contributed by atoms with Crippen molar-refractivity contribution < 1.29 is 14.3 Å². The van der Waals surface area contributed by atoms with Gasteiger partial charge in [-0.05, 0) is 24.6 Å². The lowest BCUT2D eigenvalue weighted by atomic mass is 10.2. The molecule has 1 heterocycles. The standard InChI is InChI=1S/C19H22N2O3/c1-14(19(22)21-11-15-7-3-2-4-8-15)20-12-16-13-23-17-9-5-6-10-18(17)24-16/h2-10,14,16,20H,11-13H2,1H3,(H,21,22)/t14-,16+/m1/s1. The summed E-state index contributed by atoms with van der Waals surface area (Å²) >= 11 is 0. The molecule has 0 bridgehead atoms. The Morgan fingerprint density at radius 3 is 2.62 bits per heavy atom. The van der Waals surface area contributed by atoms with E-state index in [-0.39, 0.29) is 18.1 Å². The Morgan fingerprint density at radius 1 is 1.12 bits per heavy atom. The average molecular weight is 326 g/mol. The van der Waals surface area contributed by atoms with Gasteiger partial charge in [0.15, 0.2) is 11.5 Å². The fraction of sp³-hybridized carbons (Fsp3) is 0.316. The van der Waals surface area contributed by atoms with Crippen LogP contribution in [0.15, 0.2) is 54.6 Å². The van der Waals surface area contributed by atoms with Crippen molar-refractivity contribution in [2.45, 2.75) is 25.6 Å². The minimum absolute atomic E-state index is 0.0315. The molecule has 1 amide bonds. The van der Waals surface area contributed by atoms with Crippen LogP contribution in [0, 0.1) is 0 Å². The Bertz CT molecular complexity index is 675. The van der Waals surface area contributed by atoms with E-state index in [4.69, 9.17) is 9.47 Å². The van der Waals surface area contributed by atoms with E-state index < -0.39 is 0 Å². The van der Waals surface area contributed by atoms with E-state index >= 15 is 0 Å². The van der Waals surface area contributed by atoms with Crippen LogP contribution in [0.2, 0.25) is 0 Å². The molecule has 2 aromatic rings. The molecule has 5 heteroatoms. The minimum Gasteiger partial charge on any atom is -0.486 e. The lowest BCUT2D eigenvalue weighted by Gasteiger charge is -2.27. The predicted molar refractivity (Wildman–Crippen MR) is 92.1 cm³/mol. The third-order valence-corrected chi connectivity index (χ3v) is 3.92. The van der Waals surface area contributed by atoms with Crippen molar-refractivity contribution in [3.8, 4) is 11.5 Å². The van der Waals surface area contributed by atoms with Crippen LogP contribution in [0.4, 0.5) is 0 Å². The number of hydrogen-bond acceptors (Lipinski definition) is 4. The molecule has 0 fully saturated rings. The third-order valence-electron chi connectivity index (χ3n) is 3.92. The van der Waals surface area contributed by atoms with Crippen LogP contribution in [-0.4, -0.2) is 31.2 Å². The number of hydrogen-bond donors (Lipinski definition) is 2. The Balaban J connectivity index is 1.42. The summed E-state index contributed by atoms with van der Waals surface area (Å²) in [6.07, 6.45) is -0.107. The Morgan fingerprint density at radius 2 is 1.83 bits per heavy atom. The minimum atomic E-state index is -0.297. The van der Waals surface area contributed by atoms with Crippen LogP contribution in [0.1, 0.15) is 12.5 Å². The van der Waals surface area contributed by atoms with Crippen molar-refractivity contribution in [2.24, 2.45) is 0 Å². The Labute approximate surface area is 142 Å². The second-order valence-electron chi connectivity index (χ2n) is 5.83. The molecule has 0 unspecified atom stereocenters. The molecule has 0 radical (unpaired) electrons. The SMILES string of the molecule is C[C@@H](NC[C@H]1COc2ccccc2O1)C(=O)NCc1ccccc1. The highest BCUT2D eigenvalue weighted by atomic mass is 16.6. The first-order valence-electron chi connectivity index (χ1n) is 8.16. The quantitative estimate of drug-likeness (QED) is 0.854. The molecule has 0 saturated carbocycles. The summed E-state index contributed by atoms with van der Waals surface area (Å²) in [5.41, 5.74) is 1.08. The van der Waals surface area contributed by atoms with Gasteiger partial charge in [0.05, 0.1) is 6.04 Å². The van der Waals surface area contributed by atoms with Crippen LogP contribution in [-0.2, 0) is 11.3 Å². The predicted octanol–water partition coefficient (Wildman–Crippen LogP) is 2.12. The average Bonchev–Trinajstić information content (AvgIpc) is 2.64. The van der Waals surface area contributed by atoms with Gasteiger partial charge in [-0.2, -0.15) is 0 Å². The van der Waals surface area contributed by atoms with Crippen LogP contribution in [0.25, 0.3) is 0 Å². The lowest BCUT2D eigenvalue weighted by Crippen LogP contribution is -2.47. The number of amides is 1. The van der Waals surface area contributed by atoms with Crippen molar-refractivity contribution in [1.82, 2.24) is 10.6 Å². The van der Waals surface area contributed by atoms with Crippen molar-refractivity contribution in [2.75, 3.05) is 13.2 Å². The zero-order chi connectivity index (χ0) is 16.8. The van der Waals surface area contributed by atoms with E-state index in [1.807, 2.05) is 61.5 Å². The molecule has 2 N–H and O–H groups in total. The third kappa shape index (κ3) is 4.26. The number of carbonyl (C=O) groups is 1. The highest BCUT2D eigenvalue weighted by Crippen LogP contribution is 2.30. The fourth-order valence-electron chi connectivity index (χ4n) is 2.50. The van der Waals surface area contributed by atoms with Gasteiger partial charge in [-0.25, -0.2) is 0 Å². The maximum absolute atomic E-state index is 12.1. The lowest BCUT2D eigenvalue weighted by molar-refractivity contribution is -0.123. The van der Waals surface area contributed by atoms with Gasteiger partial charge in [-0.15, -0.1) is 0 Å². The van der Waals surface area contributed by atoms with E-state index in [9.17, 15) is 4.79 Å². The molecule has 126 valence electrons. The van der Waals surface area contributed by atoms with Gasteiger partial charge in [-0.3, -0.25) is 4.79 Å². The molecular weight excluding hydrogens is 304 g/mol. The van der Waals surface area contributed by atoms with Crippen molar-refractivity contribution in [3.63, 3.8) is 0 Å². The van der Waals surface area contributed by atoms with E-state index in [0.717, 1.165) is 17.1 Å². The molecule has 0 saturated heterocycles. The zero-order valence-electron chi connectivity index (χ0n) is 13.7. The number of fused-ring (bicyclic) bond motifs is 1. The summed E-state index contributed by atoms with van der Waals surface area (Å²) in [5.74, 6) is 1.48. The number of nitrogens with one attached hydrogen (secondary N) is 2. The molecule has 0 aliphatic carbocycles. The zero-order valence-corrected chi connectivity index (χ0v) is 13.7. The molecule has 2 atom stereocenters. The molecule has 24 heavy (non-hydrogen) atoms. The second-order valence-corrected chi connectivity index (χ2v) is 5.83. The van der Waals surface area contributed by atoms with Crippen LogP contribution < -0.4 is 20.1 Å². The Hall–Kier alpha value is -2.53. The number of benzene rings is 2. The van der Waals surface area contributed by atoms with Crippen LogP contribution in [0.3, 0.4) is 0 Å². The van der Waals surface area contributed by atoms with Crippen LogP contribution in [0.5, 0.6) is 11.5 Å². The smallest absolute Gasteiger partial charge is 0.237 e. The monoisotopic (exact) mass is 326 g/mol. The molecule has 1 aliphatic rings. The summed E-state index contributed by atoms with van der Waals surface area (Å²) in [7, 11) is 0.